The lowest BCUT2D eigenvalue weighted by Crippen LogP contribution is -2.68. The predicted molar refractivity (Wildman–Crippen MR) is 234 cm³/mol. The molecule has 372 valence electrons. The number of ether oxygens (including phenoxy) is 7. The van der Waals surface area contributed by atoms with E-state index < -0.39 is 90.1 Å². The Morgan fingerprint density at radius 2 is 1.45 bits per heavy atom. The van der Waals surface area contributed by atoms with Crippen molar-refractivity contribution in [1.82, 2.24) is 15.0 Å². The van der Waals surface area contributed by atoms with E-state index >= 15 is 0 Å². The van der Waals surface area contributed by atoms with Crippen molar-refractivity contribution in [2.75, 3.05) is 6.61 Å². The van der Waals surface area contributed by atoms with Crippen LogP contribution in [0, 0.1) is 62.6 Å². The average molecular weight is 942 g/mol. The first-order chi connectivity index (χ1) is 31.3. The van der Waals surface area contributed by atoms with Gasteiger partial charge in [-0.25, -0.2) is 4.68 Å². The second-order valence-corrected chi connectivity index (χ2v) is 22.2. The molecule has 15 atom stereocenters. The average Bonchev–Trinajstić information content (AvgIpc) is 3.85. The zero-order chi connectivity index (χ0) is 49.2. The minimum atomic E-state index is -1.45. The zero-order valence-corrected chi connectivity index (χ0v) is 41.0. The van der Waals surface area contributed by atoms with E-state index in [9.17, 15) is 38.7 Å². The Bertz CT molecular complexity index is 2120. The molecule has 0 bridgehead atoms. The summed E-state index contributed by atoms with van der Waals surface area (Å²) in [6, 6.07) is 0. The van der Waals surface area contributed by atoms with Crippen LogP contribution in [0.4, 0.5) is 0 Å². The lowest BCUT2D eigenvalue weighted by atomic mass is 9.32. The molecular weight excluding hydrogens is 871 g/mol. The van der Waals surface area contributed by atoms with Crippen molar-refractivity contribution in [3.8, 4) is 0 Å². The number of fused-ring (bicyclic) bond motifs is 7. The highest BCUT2D eigenvalue weighted by molar-refractivity contribution is 5.91. The van der Waals surface area contributed by atoms with Crippen molar-refractivity contribution in [3.05, 3.63) is 11.9 Å². The molecule has 0 amide bonds. The van der Waals surface area contributed by atoms with E-state index in [1.165, 1.54) is 17.8 Å². The van der Waals surface area contributed by atoms with Gasteiger partial charge in [0, 0.05) is 33.1 Å². The van der Waals surface area contributed by atoms with Gasteiger partial charge in [-0.3, -0.25) is 33.6 Å². The minimum Gasteiger partial charge on any atom is -0.481 e. The Kier molecular flexibility index (Phi) is 13.9. The van der Waals surface area contributed by atoms with E-state index in [4.69, 9.17) is 33.2 Å². The van der Waals surface area contributed by atoms with Gasteiger partial charge in [0.25, 0.3) is 0 Å². The largest absolute Gasteiger partial charge is 0.481 e. The van der Waals surface area contributed by atoms with Gasteiger partial charge in [0.1, 0.15) is 24.9 Å². The molecule has 18 heteroatoms. The van der Waals surface area contributed by atoms with Gasteiger partial charge >= 0.3 is 35.8 Å². The number of carboxylic acid groups (broad SMARTS) is 1. The van der Waals surface area contributed by atoms with Crippen LogP contribution in [-0.4, -0.2) is 105 Å². The van der Waals surface area contributed by atoms with E-state index in [1.54, 1.807) is 0 Å². The maximum absolute atomic E-state index is 14.4. The molecule has 67 heavy (non-hydrogen) atoms. The van der Waals surface area contributed by atoms with E-state index in [2.05, 4.69) is 44.9 Å². The molecular formula is C49H71N3O15. The van der Waals surface area contributed by atoms with Crippen molar-refractivity contribution < 1.29 is 71.8 Å². The molecule has 1 aromatic heterocycles. The number of carbonyl (C=O) groups excluding carboxylic acids is 6. The molecule has 6 fully saturated rings. The van der Waals surface area contributed by atoms with Crippen molar-refractivity contribution >= 4 is 41.6 Å². The van der Waals surface area contributed by atoms with Crippen LogP contribution in [0.1, 0.15) is 140 Å². The molecule has 18 nitrogen and oxygen atoms in total. The van der Waals surface area contributed by atoms with E-state index in [0.29, 0.717) is 30.6 Å². The molecule has 1 N–H and O–H groups in total. The highest BCUT2D eigenvalue weighted by Crippen LogP contribution is 2.77. The lowest BCUT2D eigenvalue weighted by molar-refractivity contribution is -0.310. The van der Waals surface area contributed by atoms with Crippen molar-refractivity contribution in [1.29, 1.82) is 0 Å². The van der Waals surface area contributed by atoms with Crippen LogP contribution in [0.25, 0.3) is 0 Å². The smallest absolute Gasteiger partial charge is 0.328 e. The summed E-state index contributed by atoms with van der Waals surface area (Å²) in [6.07, 6.45) is 1.01. The third-order valence-corrected chi connectivity index (χ3v) is 18.0. The topological polar surface area (TPSA) is 235 Å². The highest BCUT2D eigenvalue weighted by Gasteiger charge is 2.73. The van der Waals surface area contributed by atoms with E-state index in [1.807, 2.05) is 13.8 Å². The first kappa shape index (κ1) is 50.4. The van der Waals surface area contributed by atoms with Crippen LogP contribution in [0.3, 0.4) is 0 Å². The standard InChI is InChI=1S/C49H71N3O15/c1-25(2)31-14-17-49(44(59)60)19-18-47(10)32(38(31)49)12-13-36-46(9)20-33(42(58)45(7,8)35(46)15-16-48(36,47)11)66-37(57)22-52-21-30(50-51-52)23-62-43-41(65-29(6)56)40(64-28(5)55)39(63-27(4)54)34(67-43)24-61-26(3)53/h21,25,31-36,38-41,43H,12-20,22-24H2,1-11H3,(H,59,60)/t31-,32+,33+,34+,35-,36+,38+,39+,40-,41+,43+,46-,47+,48+,49-/m0/s1. The molecule has 0 spiro atoms. The summed E-state index contributed by atoms with van der Waals surface area (Å²) in [5.41, 5.74) is -1.72. The van der Waals surface area contributed by atoms with Crippen LogP contribution < -0.4 is 0 Å². The number of esters is 5. The Labute approximate surface area is 392 Å². The second-order valence-electron chi connectivity index (χ2n) is 22.2. The maximum Gasteiger partial charge on any atom is 0.328 e. The zero-order valence-electron chi connectivity index (χ0n) is 41.0. The number of rotatable bonds is 13. The second kappa shape index (κ2) is 18.5. The summed E-state index contributed by atoms with van der Waals surface area (Å²) in [5.74, 6) is -2.85. The summed E-state index contributed by atoms with van der Waals surface area (Å²) in [6.45, 7) is 19.1. The van der Waals surface area contributed by atoms with Crippen molar-refractivity contribution in [2.45, 2.75) is 184 Å². The summed E-state index contributed by atoms with van der Waals surface area (Å²) >= 11 is 0. The number of carboxylic acids is 1. The van der Waals surface area contributed by atoms with Gasteiger partial charge in [-0.05, 0) is 110 Å². The van der Waals surface area contributed by atoms with Crippen LogP contribution >= 0.6 is 0 Å². The van der Waals surface area contributed by atoms with E-state index in [-0.39, 0.29) is 58.6 Å². The monoisotopic (exact) mass is 941 g/mol. The fraction of sp³-hybridized carbons (Fsp3) is 0.816. The molecule has 0 radical (unpaired) electrons. The number of Topliss-reactive ketones (excluding diaryl/α,β-unsaturated/α-hetero) is 1. The molecule has 5 aliphatic carbocycles. The van der Waals surface area contributed by atoms with Crippen molar-refractivity contribution in [3.63, 3.8) is 0 Å². The normalized spacial score (nSPS) is 39.7. The van der Waals surface area contributed by atoms with Gasteiger partial charge in [-0.1, -0.05) is 53.7 Å². The van der Waals surface area contributed by atoms with Crippen molar-refractivity contribution in [2.24, 2.45) is 62.6 Å². The quantitative estimate of drug-likeness (QED) is 0.182. The number of hydrogen-bond acceptors (Lipinski definition) is 16. The fourth-order valence-electron chi connectivity index (χ4n) is 15.1. The maximum atomic E-state index is 14.4. The highest BCUT2D eigenvalue weighted by atomic mass is 16.7. The fourth-order valence-corrected chi connectivity index (χ4v) is 15.1. The molecule has 0 aromatic carbocycles. The molecule has 1 saturated heterocycles. The minimum absolute atomic E-state index is 0.0796. The Balaban J connectivity index is 1.05. The van der Waals surface area contributed by atoms with E-state index in [0.717, 1.165) is 65.7 Å². The number of nitrogens with zero attached hydrogens (tertiary/aromatic N) is 3. The van der Waals surface area contributed by atoms with Crippen LogP contribution in [0.5, 0.6) is 0 Å². The molecule has 7 rings (SSSR count). The number of aliphatic carboxylic acids is 1. The molecule has 6 aliphatic rings. The summed E-state index contributed by atoms with van der Waals surface area (Å²) < 4.78 is 40.9. The van der Waals surface area contributed by atoms with Crippen LogP contribution in [0.15, 0.2) is 6.20 Å². The molecule has 1 aliphatic heterocycles. The Morgan fingerprint density at radius 3 is 2.07 bits per heavy atom. The summed E-state index contributed by atoms with van der Waals surface area (Å²) in [7, 11) is 0. The number of aromatic nitrogens is 3. The first-order valence-corrected chi connectivity index (χ1v) is 24.1. The predicted octanol–water partition coefficient (Wildman–Crippen LogP) is 5.79. The lowest BCUT2D eigenvalue weighted by Gasteiger charge is -2.72. The Morgan fingerprint density at radius 1 is 0.791 bits per heavy atom. The molecule has 1 aromatic rings. The van der Waals surface area contributed by atoms with Gasteiger partial charge in [0.05, 0.1) is 18.2 Å². The molecule has 5 saturated carbocycles. The van der Waals surface area contributed by atoms with Gasteiger partial charge in [-0.15, -0.1) is 5.10 Å². The number of hydrogen-bond donors (Lipinski definition) is 1. The van der Waals surface area contributed by atoms with Gasteiger partial charge < -0.3 is 38.3 Å². The third kappa shape index (κ3) is 8.91. The molecule has 2 heterocycles. The SMILES string of the molecule is CC(=O)OC[C@H]1O[C@@H](OCc2cn(CC(=O)O[C@@H]3C[C@]4(C)[C@H]5CC[C@@H]6[C@H]7[C@H](C(C)C)CC[C@]7(C(=O)O)CC[C@@]6(C)[C@]5(C)CC[C@H]4C(C)(C)C3=O)nn2)[C@H](OC(C)=O)[C@@H](OC(C)=O)[C@@H]1OC(C)=O. The van der Waals surface area contributed by atoms with Gasteiger partial charge in [-0.2, -0.15) is 0 Å². The summed E-state index contributed by atoms with van der Waals surface area (Å²) in [5, 5.41) is 19.0. The molecule has 0 unspecified atom stereocenters. The van der Waals surface area contributed by atoms with Gasteiger partial charge in [0.15, 0.2) is 36.5 Å². The van der Waals surface area contributed by atoms with Crippen LogP contribution in [0.2, 0.25) is 0 Å². The van der Waals surface area contributed by atoms with Gasteiger partial charge in [0.2, 0.25) is 0 Å². The third-order valence-electron chi connectivity index (χ3n) is 18.0. The Hall–Kier alpha value is -4.45. The number of ketones is 1. The number of carbonyl (C=O) groups is 7. The summed E-state index contributed by atoms with van der Waals surface area (Å²) in [4.78, 5) is 89.6. The van der Waals surface area contributed by atoms with Crippen LogP contribution in [-0.2, 0) is 79.9 Å². The first-order valence-electron chi connectivity index (χ1n) is 24.1.